The van der Waals surface area contributed by atoms with Crippen molar-refractivity contribution in [1.29, 1.82) is 0 Å². The molecule has 1 aliphatic rings. The number of piperidine rings is 1. The summed E-state index contributed by atoms with van der Waals surface area (Å²) in [5.74, 6) is 0.531. The molecule has 5 heterocycles. The molecule has 0 aromatic carbocycles. The Kier molecular flexibility index (Phi) is 4.35. The van der Waals surface area contributed by atoms with Crippen LogP contribution in [-0.4, -0.2) is 55.3 Å². The van der Waals surface area contributed by atoms with Gasteiger partial charge in [-0.1, -0.05) is 6.92 Å². The van der Waals surface area contributed by atoms with E-state index in [9.17, 15) is 0 Å². The van der Waals surface area contributed by atoms with E-state index >= 15 is 0 Å². The van der Waals surface area contributed by atoms with Crippen molar-refractivity contribution in [3.05, 3.63) is 30.9 Å². The SMILES string of the molecule is CCN1CCC(Nc2c(N)ncc3[nH]c4ncc(-c5cnn(C)c5)cc4c23)CC1. The average molecular weight is 390 g/mol. The highest BCUT2D eigenvalue weighted by atomic mass is 15.2. The molecule has 5 rings (SSSR count). The Morgan fingerprint density at radius 3 is 2.72 bits per heavy atom. The summed E-state index contributed by atoms with van der Waals surface area (Å²) in [5, 5.41) is 10.1. The monoisotopic (exact) mass is 390 g/mol. The van der Waals surface area contributed by atoms with Crippen LogP contribution in [0.1, 0.15) is 19.8 Å². The van der Waals surface area contributed by atoms with Crippen LogP contribution in [0.2, 0.25) is 0 Å². The Bertz CT molecular complexity index is 1170. The van der Waals surface area contributed by atoms with E-state index in [1.165, 1.54) is 0 Å². The number of pyridine rings is 2. The van der Waals surface area contributed by atoms with Crippen LogP contribution < -0.4 is 11.1 Å². The second-order valence-electron chi connectivity index (χ2n) is 7.81. The molecule has 29 heavy (non-hydrogen) atoms. The minimum Gasteiger partial charge on any atom is -0.382 e. The third kappa shape index (κ3) is 3.19. The van der Waals surface area contributed by atoms with Crippen LogP contribution in [0.4, 0.5) is 11.5 Å². The molecule has 0 unspecified atom stereocenters. The van der Waals surface area contributed by atoms with Gasteiger partial charge in [0.05, 0.1) is 23.6 Å². The molecule has 0 amide bonds. The molecule has 4 N–H and O–H groups in total. The van der Waals surface area contributed by atoms with Crippen LogP contribution in [0, 0.1) is 0 Å². The molecule has 0 bridgehead atoms. The molecule has 0 spiro atoms. The first-order chi connectivity index (χ1) is 14.1. The molecule has 1 fully saturated rings. The topological polar surface area (TPSA) is 101 Å². The molecule has 150 valence electrons. The molecule has 0 aliphatic carbocycles. The molecule has 0 radical (unpaired) electrons. The smallest absolute Gasteiger partial charge is 0.147 e. The zero-order valence-corrected chi connectivity index (χ0v) is 16.8. The molecule has 4 aromatic heterocycles. The standard InChI is InChI=1S/C21H26N8/c1-3-29-6-4-15(5-7-29)26-19-18-16-8-13(14-10-25-28(2)12-14)9-24-21(16)27-17(18)11-23-20(19)22/h8-12,15,26H,3-7H2,1-2H3,(H2,22,23)(H,24,27). The number of H-pyrrole nitrogens is 1. The number of nitrogen functional groups attached to an aromatic ring is 1. The van der Waals surface area contributed by atoms with Crippen LogP contribution in [0.15, 0.2) is 30.9 Å². The second-order valence-corrected chi connectivity index (χ2v) is 7.81. The van der Waals surface area contributed by atoms with Gasteiger partial charge < -0.3 is 20.9 Å². The van der Waals surface area contributed by atoms with E-state index in [4.69, 9.17) is 5.73 Å². The van der Waals surface area contributed by atoms with Crippen molar-refractivity contribution >= 4 is 33.4 Å². The summed E-state index contributed by atoms with van der Waals surface area (Å²) >= 11 is 0. The van der Waals surface area contributed by atoms with E-state index in [1.807, 2.05) is 25.6 Å². The highest BCUT2D eigenvalue weighted by molar-refractivity contribution is 6.14. The van der Waals surface area contributed by atoms with E-state index in [2.05, 4.69) is 43.3 Å². The quantitative estimate of drug-likeness (QED) is 0.495. The molecule has 8 heteroatoms. The van der Waals surface area contributed by atoms with Gasteiger partial charge in [-0.05, 0) is 25.5 Å². The number of nitrogens with zero attached hydrogens (tertiary/aromatic N) is 5. The highest BCUT2D eigenvalue weighted by Gasteiger charge is 2.21. The van der Waals surface area contributed by atoms with Crippen molar-refractivity contribution in [1.82, 2.24) is 29.6 Å². The Hall–Kier alpha value is -3.13. The number of anilines is 2. The van der Waals surface area contributed by atoms with Gasteiger partial charge in [0.25, 0.3) is 0 Å². The van der Waals surface area contributed by atoms with Gasteiger partial charge in [0.2, 0.25) is 0 Å². The fourth-order valence-electron chi connectivity index (χ4n) is 4.25. The van der Waals surface area contributed by atoms with Crippen LogP contribution >= 0.6 is 0 Å². The number of hydrogen-bond acceptors (Lipinski definition) is 6. The summed E-state index contributed by atoms with van der Waals surface area (Å²) in [7, 11) is 1.92. The molecule has 1 aliphatic heterocycles. The maximum atomic E-state index is 6.33. The largest absolute Gasteiger partial charge is 0.382 e. The molecular formula is C21H26N8. The number of aromatic nitrogens is 5. The zero-order chi connectivity index (χ0) is 20.0. The van der Waals surface area contributed by atoms with Gasteiger partial charge >= 0.3 is 0 Å². The van der Waals surface area contributed by atoms with Crippen LogP contribution in [0.5, 0.6) is 0 Å². The van der Waals surface area contributed by atoms with Crippen molar-refractivity contribution in [3.8, 4) is 11.1 Å². The van der Waals surface area contributed by atoms with Crippen molar-refractivity contribution < 1.29 is 0 Å². The number of rotatable bonds is 4. The number of nitrogens with one attached hydrogen (secondary N) is 2. The van der Waals surface area contributed by atoms with Crippen LogP contribution in [0.25, 0.3) is 33.1 Å². The van der Waals surface area contributed by atoms with Crippen LogP contribution in [0.3, 0.4) is 0 Å². The predicted octanol–water partition coefficient (Wildman–Crippen LogP) is 2.99. The fourth-order valence-corrected chi connectivity index (χ4v) is 4.25. The lowest BCUT2D eigenvalue weighted by atomic mass is 10.0. The minimum atomic E-state index is 0.395. The summed E-state index contributed by atoms with van der Waals surface area (Å²) < 4.78 is 1.80. The van der Waals surface area contributed by atoms with E-state index in [0.29, 0.717) is 11.9 Å². The number of aromatic amines is 1. The molecule has 1 saturated heterocycles. The summed E-state index contributed by atoms with van der Waals surface area (Å²) in [5.41, 5.74) is 11.1. The second kappa shape index (κ2) is 7.04. The van der Waals surface area contributed by atoms with Gasteiger partial charge in [0, 0.05) is 60.5 Å². The zero-order valence-electron chi connectivity index (χ0n) is 16.8. The minimum absolute atomic E-state index is 0.395. The molecule has 8 nitrogen and oxygen atoms in total. The third-order valence-electron chi connectivity index (χ3n) is 5.94. The summed E-state index contributed by atoms with van der Waals surface area (Å²) in [6.07, 6.45) is 9.72. The van der Waals surface area contributed by atoms with Crippen molar-refractivity contribution in [3.63, 3.8) is 0 Å². The molecule has 0 atom stereocenters. The van der Waals surface area contributed by atoms with E-state index < -0.39 is 0 Å². The van der Waals surface area contributed by atoms with Crippen molar-refractivity contribution in [2.24, 2.45) is 7.05 Å². The highest BCUT2D eigenvalue weighted by Crippen LogP contribution is 2.36. The van der Waals surface area contributed by atoms with E-state index in [0.717, 1.165) is 71.2 Å². The van der Waals surface area contributed by atoms with Gasteiger partial charge in [-0.15, -0.1) is 0 Å². The first-order valence-electron chi connectivity index (χ1n) is 10.2. The number of likely N-dealkylation sites (tertiary alicyclic amines) is 1. The first-order valence-corrected chi connectivity index (χ1v) is 10.2. The number of aryl methyl sites for hydroxylation is 1. The molecule has 0 saturated carbocycles. The van der Waals surface area contributed by atoms with E-state index in [-0.39, 0.29) is 0 Å². The Morgan fingerprint density at radius 1 is 1.17 bits per heavy atom. The lowest BCUT2D eigenvalue weighted by molar-refractivity contribution is 0.229. The normalized spacial score (nSPS) is 16.1. The fraction of sp³-hybridized carbons (Fsp3) is 0.381. The van der Waals surface area contributed by atoms with E-state index in [1.54, 1.807) is 10.9 Å². The first kappa shape index (κ1) is 17.9. The lowest BCUT2D eigenvalue weighted by Gasteiger charge is -2.32. The lowest BCUT2D eigenvalue weighted by Crippen LogP contribution is -2.39. The third-order valence-corrected chi connectivity index (χ3v) is 5.94. The predicted molar refractivity (Wildman–Crippen MR) is 117 cm³/mol. The number of hydrogen-bond donors (Lipinski definition) is 3. The Labute approximate surface area is 169 Å². The Morgan fingerprint density at radius 2 is 2.00 bits per heavy atom. The van der Waals surface area contributed by atoms with Gasteiger partial charge in [0.1, 0.15) is 11.5 Å². The summed E-state index contributed by atoms with van der Waals surface area (Å²) in [6, 6.07) is 2.55. The van der Waals surface area contributed by atoms with Gasteiger partial charge in [-0.25, -0.2) is 9.97 Å². The maximum Gasteiger partial charge on any atom is 0.147 e. The van der Waals surface area contributed by atoms with Gasteiger partial charge in [-0.3, -0.25) is 4.68 Å². The van der Waals surface area contributed by atoms with Gasteiger partial charge in [0.15, 0.2) is 0 Å². The van der Waals surface area contributed by atoms with Crippen molar-refractivity contribution in [2.45, 2.75) is 25.8 Å². The summed E-state index contributed by atoms with van der Waals surface area (Å²) in [6.45, 7) is 5.54. The summed E-state index contributed by atoms with van der Waals surface area (Å²) in [4.78, 5) is 14.9. The molecule has 4 aromatic rings. The van der Waals surface area contributed by atoms with Gasteiger partial charge in [-0.2, -0.15) is 5.10 Å². The molecular weight excluding hydrogens is 364 g/mol. The Balaban J connectivity index is 1.58. The average Bonchev–Trinajstić information content (AvgIpc) is 3.33. The maximum absolute atomic E-state index is 6.33. The number of nitrogens with two attached hydrogens (primary N) is 1. The van der Waals surface area contributed by atoms with Crippen molar-refractivity contribution in [2.75, 3.05) is 30.7 Å². The van der Waals surface area contributed by atoms with Crippen LogP contribution in [-0.2, 0) is 7.05 Å². The number of fused-ring (bicyclic) bond motifs is 3.